The Morgan fingerprint density at radius 3 is 2.89 bits per heavy atom. The Labute approximate surface area is 107 Å². The van der Waals surface area contributed by atoms with Gasteiger partial charge in [0.1, 0.15) is 11.9 Å². The smallest absolute Gasteiger partial charge is 0.323 e. The maximum atomic E-state index is 13.0. The lowest BCUT2D eigenvalue weighted by molar-refractivity contribution is -0.144. The van der Waals surface area contributed by atoms with E-state index in [2.05, 4.69) is 11.9 Å². The lowest BCUT2D eigenvalue weighted by atomic mass is 10.0. The van der Waals surface area contributed by atoms with Crippen molar-refractivity contribution in [3.8, 4) is 0 Å². The normalized spacial score (nSPS) is 13.7. The van der Waals surface area contributed by atoms with Gasteiger partial charge in [0, 0.05) is 6.54 Å². The standard InChI is InChI=1S/C14H18FNO2/c1-4-10(2)13(14(17)18-3)16-9-11-6-5-7-12(15)8-11/h4-8,10,13,16H,1,9H2,2-3H3. The molecule has 1 aromatic rings. The quantitative estimate of drug-likeness (QED) is 0.622. The minimum atomic E-state index is -0.476. The van der Waals surface area contributed by atoms with Crippen LogP contribution in [0, 0.1) is 11.7 Å². The average molecular weight is 251 g/mol. The molecule has 0 amide bonds. The van der Waals surface area contributed by atoms with Crippen molar-refractivity contribution >= 4 is 5.97 Å². The van der Waals surface area contributed by atoms with E-state index in [4.69, 9.17) is 4.74 Å². The van der Waals surface area contributed by atoms with Crippen molar-refractivity contribution in [2.24, 2.45) is 5.92 Å². The molecule has 4 heteroatoms. The molecule has 0 radical (unpaired) electrons. The van der Waals surface area contributed by atoms with E-state index in [0.29, 0.717) is 6.54 Å². The number of hydrogen-bond acceptors (Lipinski definition) is 3. The third kappa shape index (κ3) is 3.96. The maximum absolute atomic E-state index is 13.0. The third-order valence-corrected chi connectivity index (χ3v) is 2.77. The molecule has 1 aromatic carbocycles. The Bertz CT molecular complexity index is 420. The largest absolute Gasteiger partial charge is 0.468 e. The van der Waals surface area contributed by atoms with Crippen molar-refractivity contribution < 1.29 is 13.9 Å². The molecular weight excluding hydrogens is 233 g/mol. The predicted octanol–water partition coefficient (Wildman–Crippen LogP) is 2.28. The van der Waals surface area contributed by atoms with Gasteiger partial charge in [-0.25, -0.2) is 4.39 Å². The van der Waals surface area contributed by atoms with E-state index in [0.717, 1.165) is 5.56 Å². The fourth-order valence-electron chi connectivity index (χ4n) is 1.62. The number of halogens is 1. The van der Waals surface area contributed by atoms with Crippen molar-refractivity contribution in [1.29, 1.82) is 0 Å². The molecular formula is C14H18FNO2. The first-order valence-corrected chi connectivity index (χ1v) is 5.76. The SMILES string of the molecule is C=CC(C)C(NCc1cccc(F)c1)C(=O)OC. The molecule has 0 aromatic heterocycles. The Balaban J connectivity index is 2.67. The topological polar surface area (TPSA) is 38.3 Å². The summed E-state index contributed by atoms with van der Waals surface area (Å²) in [6.07, 6.45) is 1.68. The fraction of sp³-hybridized carbons (Fsp3) is 0.357. The zero-order valence-electron chi connectivity index (χ0n) is 10.7. The molecule has 0 bridgehead atoms. The number of rotatable bonds is 6. The molecule has 0 heterocycles. The number of carbonyl (C=O) groups excluding carboxylic acids is 1. The van der Waals surface area contributed by atoms with E-state index in [-0.39, 0.29) is 17.7 Å². The maximum Gasteiger partial charge on any atom is 0.323 e. The highest BCUT2D eigenvalue weighted by Crippen LogP contribution is 2.09. The van der Waals surface area contributed by atoms with Crippen LogP contribution in [0.1, 0.15) is 12.5 Å². The van der Waals surface area contributed by atoms with Crippen molar-refractivity contribution in [3.05, 3.63) is 48.3 Å². The number of methoxy groups -OCH3 is 1. The van der Waals surface area contributed by atoms with Gasteiger partial charge in [-0.15, -0.1) is 6.58 Å². The molecule has 1 rings (SSSR count). The van der Waals surface area contributed by atoms with E-state index < -0.39 is 6.04 Å². The van der Waals surface area contributed by atoms with Gasteiger partial charge in [-0.05, 0) is 23.6 Å². The van der Waals surface area contributed by atoms with Gasteiger partial charge in [0.15, 0.2) is 0 Å². The lowest BCUT2D eigenvalue weighted by Crippen LogP contribution is -2.41. The highest BCUT2D eigenvalue weighted by Gasteiger charge is 2.23. The summed E-state index contributed by atoms with van der Waals surface area (Å²) in [4.78, 5) is 11.6. The molecule has 2 atom stereocenters. The molecule has 0 fully saturated rings. The monoisotopic (exact) mass is 251 g/mol. The summed E-state index contributed by atoms with van der Waals surface area (Å²) < 4.78 is 17.7. The Morgan fingerprint density at radius 2 is 2.33 bits per heavy atom. The van der Waals surface area contributed by atoms with Crippen molar-refractivity contribution in [2.45, 2.75) is 19.5 Å². The molecule has 0 aliphatic carbocycles. The van der Waals surface area contributed by atoms with Crippen LogP contribution in [0.25, 0.3) is 0 Å². The van der Waals surface area contributed by atoms with Crippen LogP contribution in [0.3, 0.4) is 0 Å². The average Bonchev–Trinajstić information content (AvgIpc) is 2.38. The van der Waals surface area contributed by atoms with Gasteiger partial charge in [-0.1, -0.05) is 25.1 Å². The summed E-state index contributed by atoms with van der Waals surface area (Å²) in [5.74, 6) is -0.703. The molecule has 3 nitrogen and oxygen atoms in total. The number of benzene rings is 1. The number of esters is 1. The summed E-state index contributed by atoms with van der Waals surface area (Å²) in [5, 5.41) is 3.05. The van der Waals surface area contributed by atoms with Crippen molar-refractivity contribution in [3.63, 3.8) is 0 Å². The van der Waals surface area contributed by atoms with Crippen LogP contribution >= 0.6 is 0 Å². The molecule has 0 aliphatic heterocycles. The first kappa shape index (κ1) is 14.4. The zero-order chi connectivity index (χ0) is 13.5. The molecule has 0 saturated heterocycles. The molecule has 98 valence electrons. The lowest BCUT2D eigenvalue weighted by Gasteiger charge is -2.20. The van der Waals surface area contributed by atoms with Crippen LogP contribution in [-0.2, 0) is 16.1 Å². The van der Waals surface area contributed by atoms with Crippen LogP contribution < -0.4 is 5.32 Å². The second kappa shape index (κ2) is 6.91. The molecule has 0 saturated carbocycles. The van der Waals surface area contributed by atoms with Gasteiger partial charge in [0.25, 0.3) is 0 Å². The highest BCUT2D eigenvalue weighted by molar-refractivity contribution is 5.76. The molecule has 18 heavy (non-hydrogen) atoms. The van der Waals surface area contributed by atoms with Crippen LogP contribution in [0.4, 0.5) is 4.39 Å². The number of ether oxygens (including phenoxy) is 1. The summed E-state index contributed by atoms with van der Waals surface area (Å²) in [6.45, 7) is 5.93. The molecule has 0 spiro atoms. The van der Waals surface area contributed by atoms with Gasteiger partial charge in [0.05, 0.1) is 7.11 Å². The van der Waals surface area contributed by atoms with E-state index in [1.165, 1.54) is 19.2 Å². The van der Waals surface area contributed by atoms with E-state index >= 15 is 0 Å². The molecule has 0 aliphatic rings. The van der Waals surface area contributed by atoms with Gasteiger partial charge >= 0.3 is 5.97 Å². The fourth-order valence-corrected chi connectivity index (χ4v) is 1.62. The van der Waals surface area contributed by atoms with E-state index in [1.807, 2.05) is 6.92 Å². The van der Waals surface area contributed by atoms with Crippen LogP contribution in [0.5, 0.6) is 0 Å². The second-order valence-corrected chi connectivity index (χ2v) is 4.11. The summed E-state index contributed by atoms with van der Waals surface area (Å²) >= 11 is 0. The van der Waals surface area contributed by atoms with Gasteiger partial charge < -0.3 is 4.74 Å². The second-order valence-electron chi connectivity index (χ2n) is 4.11. The van der Waals surface area contributed by atoms with Crippen LogP contribution in [0.2, 0.25) is 0 Å². The zero-order valence-corrected chi connectivity index (χ0v) is 10.7. The van der Waals surface area contributed by atoms with Gasteiger partial charge in [-0.2, -0.15) is 0 Å². The Kier molecular flexibility index (Phi) is 5.52. The predicted molar refractivity (Wildman–Crippen MR) is 68.4 cm³/mol. The van der Waals surface area contributed by atoms with E-state index in [9.17, 15) is 9.18 Å². The Hall–Kier alpha value is -1.68. The molecule has 2 unspecified atom stereocenters. The van der Waals surface area contributed by atoms with Crippen LogP contribution in [-0.4, -0.2) is 19.1 Å². The summed E-state index contributed by atoms with van der Waals surface area (Å²) in [7, 11) is 1.34. The first-order valence-electron chi connectivity index (χ1n) is 5.76. The molecule has 1 N–H and O–H groups in total. The number of nitrogens with one attached hydrogen (secondary N) is 1. The number of carbonyl (C=O) groups is 1. The minimum Gasteiger partial charge on any atom is -0.468 e. The summed E-state index contributed by atoms with van der Waals surface area (Å²) in [5.41, 5.74) is 0.778. The van der Waals surface area contributed by atoms with Crippen molar-refractivity contribution in [1.82, 2.24) is 5.32 Å². The Morgan fingerprint density at radius 1 is 1.61 bits per heavy atom. The minimum absolute atomic E-state index is 0.0639. The van der Waals surface area contributed by atoms with E-state index in [1.54, 1.807) is 18.2 Å². The van der Waals surface area contributed by atoms with Crippen LogP contribution in [0.15, 0.2) is 36.9 Å². The summed E-state index contributed by atoms with van der Waals surface area (Å²) in [6, 6.07) is 5.77. The van der Waals surface area contributed by atoms with Gasteiger partial charge in [-0.3, -0.25) is 10.1 Å². The van der Waals surface area contributed by atoms with Crippen molar-refractivity contribution in [2.75, 3.05) is 7.11 Å². The first-order chi connectivity index (χ1) is 8.58. The number of hydrogen-bond donors (Lipinski definition) is 1. The van der Waals surface area contributed by atoms with Gasteiger partial charge in [0.2, 0.25) is 0 Å². The third-order valence-electron chi connectivity index (χ3n) is 2.77. The highest BCUT2D eigenvalue weighted by atomic mass is 19.1.